The first-order chi connectivity index (χ1) is 13.9. The molecule has 0 saturated carbocycles. The lowest BCUT2D eigenvalue weighted by atomic mass is 10.1. The summed E-state index contributed by atoms with van der Waals surface area (Å²) in [5, 5.41) is 3.20. The molecule has 0 aliphatic carbocycles. The van der Waals surface area contributed by atoms with E-state index in [1.807, 2.05) is 0 Å². The van der Waals surface area contributed by atoms with E-state index in [-0.39, 0.29) is 18.9 Å². The van der Waals surface area contributed by atoms with Crippen LogP contribution >= 0.6 is 11.6 Å². The van der Waals surface area contributed by atoms with E-state index in [9.17, 15) is 14.4 Å². The maximum absolute atomic E-state index is 12.5. The van der Waals surface area contributed by atoms with Crippen LogP contribution in [0.5, 0.6) is 5.75 Å². The molecule has 0 unspecified atom stereocenters. The van der Waals surface area contributed by atoms with Gasteiger partial charge < -0.3 is 19.7 Å². The van der Waals surface area contributed by atoms with Crippen molar-refractivity contribution >= 4 is 40.8 Å². The second kappa shape index (κ2) is 8.96. The Kier molecular flexibility index (Phi) is 6.39. The largest absolute Gasteiger partial charge is 0.495 e. The summed E-state index contributed by atoms with van der Waals surface area (Å²) in [5.74, 6) is -1.36. The van der Waals surface area contributed by atoms with E-state index in [4.69, 9.17) is 21.1 Å². The summed E-state index contributed by atoms with van der Waals surface area (Å²) >= 11 is 5.82. The molecule has 2 aromatic rings. The molecular formula is C21H21ClN2O5. The molecule has 1 saturated heterocycles. The first kappa shape index (κ1) is 20.7. The van der Waals surface area contributed by atoms with Crippen LogP contribution in [-0.4, -0.2) is 37.5 Å². The van der Waals surface area contributed by atoms with E-state index in [0.717, 1.165) is 0 Å². The Bertz CT molecular complexity index is 916. The van der Waals surface area contributed by atoms with Gasteiger partial charge in [0.2, 0.25) is 5.91 Å². The number of rotatable bonds is 6. The van der Waals surface area contributed by atoms with E-state index in [0.29, 0.717) is 22.1 Å². The molecule has 152 valence electrons. The highest BCUT2D eigenvalue weighted by atomic mass is 35.5. The van der Waals surface area contributed by atoms with Crippen molar-refractivity contribution in [2.24, 2.45) is 5.92 Å². The summed E-state index contributed by atoms with van der Waals surface area (Å²) in [6.07, 6.45) is -0.990. The van der Waals surface area contributed by atoms with Crippen molar-refractivity contribution in [3.8, 4) is 5.75 Å². The van der Waals surface area contributed by atoms with E-state index in [1.54, 1.807) is 48.5 Å². The second-order valence-electron chi connectivity index (χ2n) is 6.65. The quantitative estimate of drug-likeness (QED) is 0.730. The van der Waals surface area contributed by atoms with Gasteiger partial charge in [-0.05, 0) is 43.3 Å². The molecule has 1 aliphatic rings. The number of hydrogen-bond acceptors (Lipinski definition) is 5. The minimum absolute atomic E-state index is 0.0163. The van der Waals surface area contributed by atoms with E-state index < -0.39 is 23.9 Å². The molecule has 0 bridgehead atoms. The number of anilines is 2. The molecule has 2 atom stereocenters. The Balaban J connectivity index is 1.60. The molecule has 0 aromatic heterocycles. The molecule has 0 radical (unpaired) electrons. The minimum Gasteiger partial charge on any atom is -0.495 e. The Labute approximate surface area is 173 Å². The molecular weight excluding hydrogens is 396 g/mol. The molecule has 29 heavy (non-hydrogen) atoms. The summed E-state index contributed by atoms with van der Waals surface area (Å²) in [5.41, 5.74) is 1.14. The number of amides is 2. The van der Waals surface area contributed by atoms with Crippen LogP contribution in [0.15, 0.2) is 48.5 Å². The summed E-state index contributed by atoms with van der Waals surface area (Å²) < 4.78 is 10.6. The summed E-state index contributed by atoms with van der Waals surface area (Å²) in [6.45, 7) is 1.65. The van der Waals surface area contributed by atoms with Gasteiger partial charge >= 0.3 is 5.97 Å². The maximum atomic E-state index is 12.5. The smallest absolute Gasteiger partial charge is 0.312 e. The third-order valence-corrected chi connectivity index (χ3v) is 4.86. The van der Waals surface area contributed by atoms with Gasteiger partial charge in [-0.2, -0.15) is 0 Å². The van der Waals surface area contributed by atoms with Gasteiger partial charge in [-0.15, -0.1) is 0 Å². The fourth-order valence-corrected chi connectivity index (χ4v) is 3.18. The second-order valence-corrected chi connectivity index (χ2v) is 7.09. The summed E-state index contributed by atoms with van der Waals surface area (Å²) in [6, 6.07) is 13.7. The number of para-hydroxylation sites is 2. The lowest BCUT2D eigenvalue weighted by Gasteiger charge is -2.20. The zero-order valence-corrected chi connectivity index (χ0v) is 16.8. The summed E-state index contributed by atoms with van der Waals surface area (Å²) in [4.78, 5) is 38.7. The molecule has 1 aliphatic heterocycles. The average Bonchev–Trinajstić information content (AvgIpc) is 3.11. The highest BCUT2D eigenvalue weighted by Gasteiger charge is 2.38. The van der Waals surface area contributed by atoms with Crippen molar-refractivity contribution in [3.63, 3.8) is 0 Å². The lowest BCUT2D eigenvalue weighted by molar-refractivity contribution is -0.157. The molecule has 2 amide bonds. The van der Waals surface area contributed by atoms with Crippen LogP contribution in [0.25, 0.3) is 0 Å². The van der Waals surface area contributed by atoms with Crippen molar-refractivity contribution in [2.75, 3.05) is 23.9 Å². The predicted octanol–water partition coefficient (Wildman–Crippen LogP) is 3.27. The molecule has 8 heteroatoms. The molecule has 1 N–H and O–H groups in total. The van der Waals surface area contributed by atoms with Crippen molar-refractivity contribution in [1.82, 2.24) is 0 Å². The van der Waals surface area contributed by atoms with Gasteiger partial charge in [-0.1, -0.05) is 23.7 Å². The van der Waals surface area contributed by atoms with Crippen molar-refractivity contribution in [3.05, 3.63) is 53.6 Å². The van der Waals surface area contributed by atoms with Crippen LogP contribution in [0.3, 0.4) is 0 Å². The third-order valence-electron chi connectivity index (χ3n) is 4.61. The molecule has 0 spiro atoms. The Morgan fingerprint density at radius 1 is 1.17 bits per heavy atom. The Morgan fingerprint density at radius 3 is 2.55 bits per heavy atom. The lowest BCUT2D eigenvalue weighted by Crippen LogP contribution is -2.33. The highest BCUT2D eigenvalue weighted by molar-refractivity contribution is 6.30. The van der Waals surface area contributed by atoms with Gasteiger partial charge in [-0.3, -0.25) is 14.4 Å². The van der Waals surface area contributed by atoms with Crippen molar-refractivity contribution in [2.45, 2.75) is 19.4 Å². The minimum atomic E-state index is -1.01. The van der Waals surface area contributed by atoms with E-state index >= 15 is 0 Å². The first-order valence-electron chi connectivity index (χ1n) is 9.09. The monoisotopic (exact) mass is 416 g/mol. The molecule has 7 nitrogen and oxygen atoms in total. The van der Waals surface area contributed by atoms with Crippen molar-refractivity contribution in [1.29, 1.82) is 0 Å². The SMILES string of the molecule is COc1ccccc1N1C[C@H](C(=O)O[C@@H](C)C(=O)Nc2ccc(Cl)cc2)CC1=O. The normalized spacial score (nSPS) is 17.0. The number of carbonyl (C=O) groups is 3. The third kappa shape index (κ3) is 4.86. The summed E-state index contributed by atoms with van der Waals surface area (Å²) in [7, 11) is 1.52. The van der Waals surface area contributed by atoms with Gasteiger partial charge in [0.1, 0.15) is 5.75 Å². The highest BCUT2D eigenvalue weighted by Crippen LogP contribution is 2.33. The van der Waals surface area contributed by atoms with E-state index in [2.05, 4.69) is 5.32 Å². The zero-order chi connectivity index (χ0) is 21.0. The van der Waals surface area contributed by atoms with Gasteiger partial charge in [0, 0.05) is 23.7 Å². The van der Waals surface area contributed by atoms with Crippen LogP contribution in [0.1, 0.15) is 13.3 Å². The number of ether oxygens (including phenoxy) is 2. The van der Waals surface area contributed by atoms with Crippen LogP contribution in [0, 0.1) is 5.92 Å². The van der Waals surface area contributed by atoms with Crippen LogP contribution in [0.2, 0.25) is 5.02 Å². The van der Waals surface area contributed by atoms with Gasteiger partial charge in [0.25, 0.3) is 5.91 Å². The number of methoxy groups -OCH3 is 1. The Hall–Kier alpha value is -3.06. The molecule has 3 rings (SSSR count). The van der Waals surface area contributed by atoms with Crippen LogP contribution in [-0.2, 0) is 19.1 Å². The molecule has 1 fully saturated rings. The standard InChI is InChI=1S/C21H21ClN2O5/c1-13(20(26)23-16-9-7-15(22)8-10-16)29-21(27)14-11-19(25)24(12-14)17-5-3-4-6-18(17)28-2/h3-10,13-14H,11-12H2,1-2H3,(H,23,26)/t13-,14+/m0/s1. The number of carbonyl (C=O) groups excluding carboxylic acids is 3. The number of esters is 1. The molecule has 2 aromatic carbocycles. The zero-order valence-electron chi connectivity index (χ0n) is 16.1. The van der Waals surface area contributed by atoms with E-state index in [1.165, 1.54) is 18.9 Å². The van der Waals surface area contributed by atoms with Crippen LogP contribution in [0.4, 0.5) is 11.4 Å². The van der Waals surface area contributed by atoms with Gasteiger partial charge in [-0.25, -0.2) is 0 Å². The van der Waals surface area contributed by atoms with Crippen molar-refractivity contribution < 1.29 is 23.9 Å². The first-order valence-corrected chi connectivity index (χ1v) is 9.47. The number of benzene rings is 2. The number of nitrogens with zero attached hydrogens (tertiary/aromatic N) is 1. The fraction of sp³-hybridized carbons (Fsp3) is 0.286. The number of halogens is 1. The number of hydrogen-bond donors (Lipinski definition) is 1. The Morgan fingerprint density at radius 2 is 1.86 bits per heavy atom. The maximum Gasteiger partial charge on any atom is 0.312 e. The van der Waals surface area contributed by atoms with Crippen LogP contribution < -0.4 is 15.0 Å². The molecule has 1 heterocycles. The number of nitrogens with one attached hydrogen (secondary N) is 1. The van der Waals surface area contributed by atoms with Gasteiger partial charge in [0.15, 0.2) is 6.10 Å². The topological polar surface area (TPSA) is 84.9 Å². The van der Waals surface area contributed by atoms with Gasteiger partial charge in [0.05, 0.1) is 18.7 Å². The average molecular weight is 417 g/mol. The predicted molar refractivity (Wildman–Crippen MR) is 109 cm³/mol. The fourth-order valence-electron chi connectivity index (χ4n) is 3.05.